The van der Waals surface area contributed by atoms with Crippen molar-refractivity contribution in [3.63, 3.8) is 0 Å². The Labute approximate surface area is 173 Å². The molecule has 1 atom stereocenters. The predicted molar refractivity (Wildman–Crippen MR) is 114 cm³/mol. The second-order valence-corrected chi connectivity index (χ2v) is 8.08. The lowest BCUT2D eigenvalue weighted by Crippen LogP contribution is -2.30. The molecule has 0 N–H and O–H groups in total. The quantitative estimate of drug-likeness (QED) is 0.572. The van der Waals surface area contributed by atoms with Gasteiger partial charge in [0.1, 0.15) is 17.6 Å². The average Bonchev–Trinajstić information content (AvgIpc) is 3.03. The van der Waals surface area contributed by atoms with Crippen LogP contribution >= 0.6 is 0 Å². The van der Waals surface area contributed by atoms with Crippen LogP contribution < -0.4 is 9.47 Å². The number of Topliss-reactive ketones (excluding diaryl/α,β-unsaturated/α-hetero) is 1. The zero-order valence-corrected chi connectivity index (χ0v) is 18.1. The number of nitrogens with zero attached hydrogens (tertiary/aromatic N) is 2. The molecule has 0 unspecified atom stereocenters. The second kappa shape index (κ2) is 10.1. The van der Waals surface area contributed by atoms with E-state index in [4.69, 9.17) is 19.2 Å². The van der Waals surface area contributed by atoms with Crippen LogP contribution in [-0.4, -0.2) is 40.8 Å². The largest absolute Gasteiger partial charge is 0.494 e. The van der Waals surface area contributed by atoms with E-state index < -0.39 is 0 Å². The Balaban J connectivity index is 1.56. The minimum Gasteiger partial charge on any atom is -0.494 e. The molecule has 1 fully saturated rings. The highest BCUT2D eigenvalue weighted by Crippen LogP contribution is 2.29. The van der Waals surface area contributed by atoms with Gasteiger partial charge < -0.3 is 19.0 Å². The molecule has 1 saturated carbocycles. The van der Waals surface area contributed by atoms with Crippen molar-refractivity contribution in [3.05, 3.63) is 18.2 Å². The fourth-order valence-corrected chi connectivity index (χ4v) is 4.05. The van der Waals surface area contributed by atoms with Crippen molar-refractivity contribution in [1.29, 1.82) is 0 Å². The first-order valence-corrected chi connectivity index (χ1v) is 10.9. The lowest BCUT2D eigenvalue weighted by molar-refractivity contribution is -0.118. The highest BCUT2D eigenvalue weighted by molar-refractivity contribution is 5.78. The van der Waals surface area contributed by atoms with Crippen LogP contribution in [0.2, 0.25) is 0 Å². The number of aryl methyl sites for hydroxylation is 1. The highest BCUT2D eigenvalue weighted by atomic mass is 16.5. The Morgan fingerprint density at radius 3 is 2.59 bits per heavy atom. The summed E-state index contributed by atoms with van der Waals surface area (Å²) in [6.07, 6.45) is 4.92. The van der Waals surface area contributed by atoms with Crippen LogP contribution in [0, 0.1) is 5.92 Å². The van der Waals surface area contributed by atoms with E-state index in [1.54, 1.807) is 6.92 Å². The molecule has 1 aromatic heterocycles. The van der Waals surface area contributed by atoms with Gasteiger partial charge in [0, 0.05) is 25.6 Å². The van der Waals surface area contributed by atoms with Gasteiger partial charge in [0.25, 0.3) is 6.01 Å². The first-order valence-electron chi connectivity index (χ1n) is 10.9. The topological polar surface area (TPSA) is 62.6 Å². The van der Waals surface area contributed by atoms with Crippen molar-refractivity contribution in [2.75, 3.05) is 13.2 Å². The van der Waals surface area contributed by atoms with Gasteiger partial charge in [0.15, 0.2) is 0 Å². The third-order valence-electron chi connectivity index (χ3n) is 5.46. The molecule has 1 aliphatic rings. The van der Waals surface area contributed by atoms with E-state index in [2.05, 4.69) is 18.4 Å². The molecule has 6 heteroatoms. The van der Waals surface area contributed by atoms with Gasteiger partial charge >= 0.3 is 0 Å². The lowest BCUT2D eigenvalue weighted by Gasteiger charge is -2.29. The zero-order chi connectivity index (χ0) is 20.8. The number of ketones is 1. The van der Waals surface area contributed by atoms with Gasteiger partial charge in [-0.2, -0.15) is 4.98 Å². The normalized spacial score (nSPS) is 20.6. The van der Waals surface area contributed by atoms with Crippen LogP contribution in [-0.2, 0) is 16.1 Å². The number of carbonyl (C=O) groups is 1. The summed E-state index contributed by atoms with van der Waals surface area (Å²) in [5.74, 6) is 1.37. The van der Waals surface area contributed by atoms with Crippen LogP contribution in [0.3, 0.4) is 0 Å². The van der Waals surface area contributed by atoms with Crippen LogP contribution in [0.4, 0.5) is 0 Å². The molecule has 3 rings (SSSR count). The molecule has 0 amide bonds. The maximum atomic E-state index is 11.2. The third-order valence-corrected chi connectivity index (χ3v) is 5.46. The fraction of sp³-hybridized carbons (Fsp3) is 0.652. The van der Waals surface area contributed by atoms with Gasteiger partial charge in [0.05, 0.1) is 23.7 Å². The Morgan fingerprint density at radius 2 is 1.93 bits per heavy atom. The van der Waals surface area contributed by atoms with E-state index >= 15 is 0 Å². The Hall–Kier alpha value is -2.08. The van der Waals surface area contributed by atoms with Crippen molar-refractivity contribution in [3.8, 4) is 11.8 Å². The van der Waals surface area contributed by atoms with Gasteiger partial charge in [-0.05, 0) is 64.5 Å². The van der Waals surface area contributed by atoms with Crippen molar-refractivity contribution in [2.45, 2.75) is 78.6 Å². The molecule has 160 valence electrons. The number of rotatable bonds is 10. The first kappa shape index (κ1) is 21.6. The lowest BCUT2D eigenvalue weighted by atomic mass is 9.95. The zero-order valence-electron chi connectivity index (χ0n) is 18.1. The van der Waals surface area contributed by atoms with Gasteiger partial charge in [-0.1, -0.05) is 6.92 Å². The van der Waals surface area contributed by atoms with E-state index in [-0.39, 0.29) is 23.9 Å². The van der Waals surface area contributed by atoms with Crippen molar-refractivity contribution < 1.29 is 19.0 Å². The molecule has 0 aliphatic heterocycles. The molecule has 0 saturated heterocycles. The smallest absolute Gasteiger partial charge is 0.297 e. The number of aromatic nitrogens is 2. The summed E-state index contributed by atoms with van der Waals surface area (Å²) in [5, 5.41) is 0. The summed E-state index contributed by atoms with van der Waals surface area (Å²) >= 11 is 0. The molecule has 0 radical (unpaired) electrons. The molecule has 2 aromatic rings. The van der Waals surface area contributed by atoms with Gasteiger partial charge in [0.2, 0.25) is 0 Å². The fourth-order valence-electron chi connectivity index (χ4n) is 4.05. The predicted octanol–water partition coefficient (Wildman–Crippen LogP) is 4.78. The van der Waals surface area contributed by atoms with E-state index in [1.807, 2.05) is 25.1 Å². The van der Waals surface area contributed by atoms with E-state index in [1.165, 1.54) is 0 Å². The standard InChI is InChI=1S/C23H34N2O4/c1-5-25-22-14-20(27-6-2)11-12-21(22)24-23(25)29-19-9-7-18(8-10-19)28-15-16(3)13-17(4)26/h11-12,14,16,18-19H,5-10,13,15H2,1-4H3/t16-,18?,19?/m1/s1. The van der Waals surface area contributed by atoms with Crippen molar-refractivity contribution in [2.24, 2.45) is 5.92 Å². The SMILES string of the molecule is CCOc1ccc2nc(OC3CCC(OC[C@H](C)CC(C)=O)CC3)n(CC)c2c1. The molecule has 6 nitrogen and oxygen atoms in total. The summed E-state index contributed by atoms with van der Waals surface area (Å²) in [5.41, 5.74) is 1.98. The van der Waals surface area contributed by atoms with E-state index in [9.17, 15) is 4.79 Å². The Morgan fingerprint density at radius 1 is 1.21 bits per heavy atom. The number of imidazole rings is 1. The molecular weight excluding hydrogens is 368 g/mol. The molecule has 1 heterocycles. The van der Waals surface area contributed by atoms with E-state index in [0.717, 1.165) is 49.0 Å². The van der Waals surface area contributed by atoms with Gasteiger partial charge in [-0.3, -0.25) is 4.57 Å². The van der Waals surface area contributed by atoms with Crippen LogP contribution in [0.15, 0.2) is 18.2 Å². The second-order valence-electron chi connectivity index (χ2n) is 8.08. The summed E-state index contributed by atoms with van der Waals surface area (Å²) < 4.78 is 20.1. The van der Waals surface area contributed by atoms with E-state index in [0.29, 0.717) is 25.6 Å². The number of fused-ring (bicyclic) bond motifs is 1. The highest BCUT2D eigenvalue weighted by Gasteiger charge is 2.25. The summed E-state index contributed by atoms with van der Waals surface area (Å²) in [6.45, 7) is 9.91. The summed E-state index contributed by atoms with van der Waals surface area (Å²) in [7, 11) is 0. The number of carbonyl (C=O) groups excluding carboxylic acids is 1. The molecular formula is C23H34N2O4. The maximum absolute atomic E-state index is 11.2. The number of hydrogen-bond donors (Lipinski definition) is 0. The Bertz CT molecular complexity index is 809. The first-order chi connectivity index (χ1) is 14.0. The minimum atomic E-state index is 0.165. The maximum Gasteiger partial charge on any atom is 0.297 e. The number of hydrogen-bond acceptors (Lipinski definition) is 5. The Kier molecular flexibility index (Phi) is 7.53. The summed E-state index contributed by atoms with van der Waals surface area (Å²) in [4.78, 5) is 15.9. The van der Waals surface area contributed by atoms with Crippen molar-refractivity contribution in [1.82, 2.24) is 9.55 Å². The number of ether oxygens (including phenoxy) is 3. The number of benzene rings is 1. The summed E-state index contributed by atoms with van der Waals surface area (Å²) in [6, 6.07) is 6.68. The van der Waals surface area contributed by atoms with Gasteiger partial charge in [-0.15, -0.1) is 0 Å². The third kappa shape index (κ3) is 5.72. The van der Waals surface area contributed by atoms with Gasteiger partial charge in [-0.25, -0.2) is 0 Å². The molecule has 0 bridgehead atoms. The monoisotopic (exact) mass is 402 g/mol. The van der Waals surface area contributed by atoms with Crippen LogP contribution in [0.1, 0.15) is 59.8 Å². The van der Waals surface area contributed by atoms with Crippen LogP contribution in [0.25, 0.3) is 11.0 Å². The average molecular weight is 403 g/mol. The molecule has 29 heavy (non-hydrogen) atoms. The minimum absolute atomic E-state index is 0.165. The van der Waals surface area contributed by atoms with Crippen LogP contribution in [0.5, 0.6) is 11.8 Å². The molecule has 1 aliphatic carbocycles. The van der Waals surface area contributed by atoms with Crippen molar-refractivity contribution >= 4 is 16.8 Å². The molecule has 0 spiro atoms. The molecule has 1 aromatic carbocycles.